The van der Waals surface area contributed by atoms with E-state index >= 15 is 0 Å². The number of nitrogens with two attached hydrogens (primary N) is 1. The topological polar surface area (TPSA) is 51.0 Å². The van der Waals surface area contributed by atoms with Gasteiger partial charge < -0.3 is 25.0 Å². The van der Waals surface area contributed by atoms with Crippen molar-refractivity contribution >= 4 is 11.4 Å². The Labute approximate surface area is 127 Å². The Balaban J connectivity index is 2.09. The molecule has 118 valence electrons. The molecule has 0 bridgehead atoms. The van der Waals surface area contributed by atoms with Crippen LogP contribution < -0.4 is 20.1 Å². The second-order valence-electron chi connectivity index (χ2n) is 5.89. The molecule has 0 spiro atoms. The third-order valence-electron chi connectivity index (χ3n) is 4.31. The molecule has 5 heteroatoms. The number of piperidine rings is 1. The van der Waals surface area contributed by atoms with Gasteiger partial charge in [-0.05, 0) is 38.9 Å². The largest absolute Gasteiger partial charge is 0.493 e. The summed E-state index contributed by atoms with van der Waals surface area (Å²) in [6.07, 6.45) is 2.49. The molecule has 1 saturated heterocycles. The Hall–Kier alpha value is -1.62. The van der Waals surface area contributed by atoms with E-state index in [1.54, 1.807) is 14.2 Å². The molecule has 0 amide bonds. The van der Waals surface area contributed by atoms with Crippen LogP contribution in [0.1, 0.15) is 12.8 Å². The Morgan fingerprint density at radius 2 is 1.76 bits per heavy atom. The summed E-state index contributed by atoms with van der Waals surface area (Å²) in [5.74, 6) is 2.11. The quantitative estimate of drug-likeness (QED) is 0.842. The average Bonchev–Trinajstić information content (AvgIpc) is 2.49. The van der Waals surface area contributed by atoms with E-state index in [4.69, 9.17) is 15.2 Å². The number of ether oxygens (including phenoxy) is 2. The summed E-state index contributed by atoms with van der Waals surface area (Å²) in [6, 6.07) is 3.79. The fourth-order valence-electron chi connectivity index (χ4n) is 2.94. The summed E-state index contributed by atoms with van der Waals surface area (Å²) < 4.78 is 10.7. The van der Waals surface area contributed by atoms with Crippen LogP contribution in [-0.2, 0) is 0 Å². The van der Waals surface area contributed by atoms with Gasteiger partial charge in [-0.25, -0.2) is 0 Å². The van der Waals surface area contributed by atoms with Crippen molar-refractivity contribution in [3.8, 4) is 11.5 Å². The summed E-state index contributed by atoms with van der Waals surface area (Å²) in [5.41, 5.74) is 7.89. The van der Waals surface area contributed by atoms with Gasteiger partial charge in [-0.1, -0.05) is 0 Å². The van der Waals surface area contributed by atoms with Crippen molar-refractivity contribution in [2.45, 2.75) is 12.8 Å². The number of hydrogen-bond donors (Lipinski definition) is 1. The highest BCUT2D eigenvalue weighted by Crippen LogP contribution is 2.36. The van der Waals surface area contributed by atoms with Crippen molar-refractivity contribution in [1.29, 1.82) is 0 Å². The number of methoxy groups -OCH3 is 2. The van der Waals surface area contributed by atoms with Crippen LogP contribution in [0.15, 0.2) is 12.1 Å². The fraction of sp³-hybridized carbons (Fsp3) is 0.625. The Bertz CT molecular complexity index is 471. The molecule has 0 unspecified atom stereocenters. The van der Waals surface area contributed by atoms with Crippen molar-refractivity contribution in [2.75, 3.05) is 58.6 Å². The summed E-state index contributed by atoms with van der Waals surface area (Å²) in [7, 11) is 7.55. The molecule has 0 radical (unpaired) electrons. The smallest absolute Gasteiger partial charge is 0.162 e. The van der Waals surface area contributed by atoms with Crippen molar-refractivity contribution in [3.63, 3.8) is 0 Å². The van der Waals surface area contributed by atoms with Crippen LogP contribution in [0.25, 0.3) is 0 Å². The van der Waals surface area contributed by atoms with Gasteiger partial charge >= 0.3 is 0 Å². The van der Waals surface area contributed by atoms with Gasteiger partial charge in [0.1, 0.15) is 0 Å². The molecule has 2 rings (SSSR count). The molecule has 1 aromatic carbocycles. The van der Waals surface area contributed by atoms with E-state index in [0.29, 0.717) is 5.75 Å². The summed E-state index contributed by atoms with van der Waals surface area (Å²) >= 11 is 0. The maximum atomic E-state index is 6.16. The monoisotopic (exact) mass is 293 g/mol. The van der Waals surface area contributed by atoms with Crippen LogP contribution in [0.4, 0.5) is 11.4 Å². The van der Waals surface area contributed by atoms with Crippen LogP contribution in [0.2, 0.25) is 0 Å². The summed E-state index contributed by atoms with van der Waals surface area (Å²) in [5, 5.41) is 0. The number of nitrogen functional groups attached to an aromatic ring is 1. The zero-order valence-corrected chi connectivity index (χ0v) is 13.6. The second kappa shape index (κ2) is 6.89. The van der Waals surface area contributed by atoms with Crippen LogP contribution in [0, 0.1) is 5.92 Å². The third kappa shape index (κ3) is 3.73. The molecule has 1 heterocycles. The minimum Gasteiger partial charge on any atom is -0.493 e. The molecule has 21 heavy (non-hydrogen) atoms. The number of rotatable bonds is 5. The van der Waals surface area contributed by atoms with E-state index in [2.05, 4.69) is 23.9 Å². The van der Waals surface area contributed by atoms with Gasteiger partial charge in [-0.2, -0.15) is 0 Å². The molecular formula is C16H27N3O2. The van der Waals surface area contributed by atoms with E-state index in [9.17, 15) is 0 Å². The van der Waals surface area contributed by atoms with E-state index in [1.165, 1.54) is 25.9 Å². The van der Waals surface area contributed by atoms with E-state index in [-0.39, 0.29) is 0 Å². The molecule has 1 fully saturated rings. The predicted molar refractivity (Wildman–Crippen MR) is 87.4 cm³/mol. The molecule has 1 aliphatic heterocycles. The van der Waals surface area contributed by atoms with Crippen molar-refractivity contribution < 1.29 is 9.47 Å². The number of likely N-dealkylation sites (tertiary alicyclic amines) is 1. The van der Waals surface area contributed by atoms with Gasteiger partial charge in [0.25, 0.3) is 0 Å². The molecule has 5 nitrogen and oxygen atoms in total. The molecular weight excluding hydrogens is 266 g/mol. The first-order valence-electron chi connectivity index (χ1n) is 7.46. The van der Waals surface area contributed by atoms with Gasteiger partial charge in [-0.3, -0.25) is 0 Å². The zero-order valence-electron chi connectivity index (χ0n) is 13.6. The van der Waals surface area contributed by atoms with Gasteiger partial charge in [0.2, 0.25) is 0 Å². The lowest BCUT2D eigenvalue weighted by atomic mass is 9.96. The number of anilines is 2. The highest BCUT2D eigenvalue weighted by molar-refractivity contribution is 5.73. The maximum absolute atomic E-state index is 6.16. The average molecular weight is 293 g/mol. The lowest BCUT2D eigenvalue weighted by Gasteiger charge is -2.33. The first kappa shape index (κ1) is 15.8. The standard InChI is InChI=1S/C16H27N3O2/c1-18-7-5-12(6-8-18)11-19(2)14-10-16(21-4)15(20-3)9-13(14)17/h9-10,12H,5-8,11,17H2,1-4H3. The predicted octanol–water partition coefficient (Wildman–Crippen LogP) is 2.06. The van der Waals surface area contributed by atoms with Gasteiger partial charge in [-0.15, -0.1) is 0 Å². The van der Waals surface area contributed by atoms with Gasteiger partial charge in [0, 0.05) is 25.7 Å². The molecule has 0 aromatic heterocycles. The first-order chi connectivity index (χ1) is 10.0. The summed E-state index contributed by atoms with van der Waals surface area (Å²) in [4.78, 5) is 4.62. The van der Waals surface area contributed by atoms with Crippen molar-refractivity contribution in [1.82, 2.24) is 4.90 Å². The SMILES string of the molecule is COc1cc(N)c(N(C)CC2CCN(C)CC2)cc1OC. The molecule has 0 aliphatic carbocycles. The van der Waals surface area contributed by atoms with Crippen LogP contribution in [-0.4, -0.2) is 52.8 Å². The van der Waals surface area contributed by atoms with Crippen LogP contribution in [0.5, 0.6) is 11.5 Å². The third-order valence-corrected chi connectivity index (χ3v) is 4.31. The van der Waals surface area contributed by atoms with Crippen molar-refractivity contribution in [2.24, 2.45) is 5.92 Å². The van der Waals surface area contributed by atoms with E-state index in [1.807, 2.05) is 12.1 Å². The Kier molecular flexibility index (Phi) is 5.17. The molecule has 0 saturated carbocycles. The van der Waals surface area contributed by atoms with Gasteiger partial charge in [0.15, 0.2) is 11.5 Å². The number of nitrogens with zero attached hydrogens (tertiary/aromatic N) is 2. The molecule has 1 aromatic rings. The highest BCUT2D eigenvalue weighted by atomic mass is 16.5. The van der Waals surface area contributed by atoms with E-state index in [0.717, 1.165) is 29.6 Å². The number of benzene rings is 1. The highest BCUT2D eigenvalue weighted by Gasteiger charge is 2.20. The molecule has 1 aliphatic rings. The molecule has 2 N–H and O–H groups in total. The minimum absolute atomic E-state index is 0.673. The van der Waals surface area contributed by atoms with E-state index < -0.39 is 0 Å². The van der Waals surface area contributed by atoms with Gasteiger partial charge in [0.05, 0.1) is 25.6 Å². The number of hydrogen-bond acceptors (Lipinski definition) is 5. The minimum atomic E-state index is 0.673. The summed E-state index contributed by atoms with van der Waals surface area (Å²) in [6.45, 7) is 3.38. The second-order valence-corrected chi connectivity index (χ2v) is 5.89. The lowest BCUT2D eigenvalue weighted by Crippen LogP contribution is -2.35. The first-order valence-corrected chi connectivity index (χ1v) is 7.46. The fourth-order valence-corrected chi connectivity index (χ4v) is 2.94. The van der Waals surface area contributed by atoms with Crippen LogP contribution >= 0.6 is 0 Å². The Morgan fingerprint density at radius 3 is 2.33 bits per heavy atom. The molecule has 0 atom stereocenters. The zero-order chi connectivity index (χ0) is 15.4. The maximum Gasteiger partial charge on any atom is 0.162 e. The van der Waals surface area contributed by atoms with Crippen molar-refractivity contribution in [3.05, 3.63) is 12.1 Å². The lowest BCUT2D eigenvalue weighted by molar-refractivity contribution is 0.222. The Morgan fingerprint density at radius 1 is 1.19 bits per heavy atom. The van der Waals surface area contributed by atoms with Crippen LogP contribution in [0.3, 0.4) is 0 Å². The normalized spacial score (nSPS) is 16.8.